The lowest BCUT2D eigenvalue weighted by atomic mass is 10.1. The molecule has 0 unspecified atom stereocenters. The van der Waals surface area contributed by atoms with Crippen molar-refractivity contribution in [2.45, 2.75) is 38.2 Å². The van der Waals surface area contributed by atoms with Crippen molar-refractivity contribution in [3.63, 3.8) is 0 Å². The van der Waals surface area contributed by atoms with Crippen molar-refractivity contribution in [3.8, 4) is 5.69 Å². The molecule has 2 fully saturated rings. The van der Waals surface area contributed by atoms with Gasteiger partial charge in [-0.3, -0.25) is 9.59 Å². The zero-order valence-corrected chi connectivity index (χ0v) is 15.2. The van der Waals surface area contributed by atoms with Crippen LogP contribution in [-0.2, 0) is 9.53 Å². The molecule has 1 atom stereocenters. The summed E-state index contributed by atoms with van der Waals surface area (Å²) < 4.78 is 7.23. The molecule has 2 aromatic rings. The normalized spacial score (nSPS) is 19.9. The van der Waals surface area contributed by atoms with Crippen LogP contribution < -0.4 is 0 Å². The maximum absolute atomic E-state index is 13.1. The first-order valence-electron chi connectivity index (χ1n) is 9.18. The molecular weight excluding hydrogens is 348 g/mol. The van der Waals surface area contributed by atoms with Gasteiger partial charge >= 0.3 is 5.97 Å². The second-order valence-electron chi connectivity index (χ2n) is 7.19. The topological polar surface area (TPSA) is 97.5 Å². The second kappa shape index (κ2) is 7.11. The van der Waals surface area contributed by atoms with E-state index in [0.717, 1.165) is 29.8 Å². The Bertz CT molecular complexity index is 857. The highest BCUT2D eigenvalue weighted by atomic mass is 16.5. The van der Waals surface area contributed by atoms with Crippen LogP contribution in [0.3, 0.4) is 0 Å². The Morgan fingerprint density at radius 2 is 2.00 bits per heavy atom. The van der Waals surface area contributed by atoms with Crippen molar-refractivity contribution in [2.75, 3.05) is 19.7 Å². The van der Waals surface area contributed by atoms with Crippen molar-refractivity contribution >= 4 is 11.9 Å². The average molecular weight is 370 g/mol. The molecule has 1 saturated carbocycles. The molecule has 1 aliphatic carbocycles. The third kappa shape index (κ3) is 3.71. The number of carboxylic acids is 1. The molecule has 8 nitrogen and oxygen atoms in total. The summed E-state index contributed by atoms with van der Waals surface area (Å²) in [5, 5.41) is 17.4. The van der Waals surface area contributed by atoms with Gasteiger partial charge < -0.3 is 14.7 Å². The number of morpholine rings is 1. The van der Waals surface area contributed by atoms with Gasteiger partial charge in [-0.15, -0.1) is 5.10 Å². The minimum atomic E-state index is -0.932. The fourth-order valence-electron chi connectivity index (χ4n) is 3.41. The molecule has 0 spiro atoms. The monoisotopic (exact) mass is 370 g/mol. The summed E-state index contributed by atoms with van der Waals surface area (Å²) in [6.45, 7) is 3.03. The van der Waals surface area contributed by atoms with E-state index >= 15 is 0 Å². The van der Waals surface area contributed by atoms with E-state index in [-0.39, 0.29) is 24.8 Å². The maximum atomic E-state index is 13.1. The molecule has 4 rings (SSSR count). The number of carbonyl (C=O) groups excluding carboxylic acids is 1. The van der Waals surface area contributed by atoms with E-state index in [0.29, 0.717) is 18.8 Å². The number of aryl methyl sites for hydroxylation is 1. The number of ether oxygens (including phenoxy) is 1. The van der Waals surface area contributed by atoms with Gasteiger partial charge in [0.1, 0.15) is 0 Å². The molecule has 8 heteroatoms. The van der Waals surface area contributed by atoms with Crippen molar-refractivity contribution in [1.29, 1.82) is 0 Å². The first kappa shape index (κ1) is 17.7. The smallest absolute Gasteiger partial charge is 0.306 e. The highest BCUT2D eigenvalue weighted by Gasteiger charge is 2.37. The molecule has 142 valence electrons. The number of aromatic nitrogens is 3. The highest BCUT2D eigenvalue weighted by Crippen LogP contribution is 2.42. The number of rotatable bonds is 5. The Morgan fingerprint density at radius 1 is 1.26 bits per heavy atom. The van der Waals surface area contributed by atoms with Gasteiger partial charge in [-0.05, 0) is 31.9 Å². The van der Waals surface area contributed by atoms with Crippen LogP contribution in [0.1, 0.15) is 46.9 Å². The Labute approximate surface area is 156 Å². The predicted octanol–water partition coefficient (Wildman–Crippen LogP) is 1.77. The summed E-state index contributed by atoms with van der Waals surface area (Å²) in [6.07, 6.45) is 1.43. The summed E-state index contributed by atoms with van der Waals surface area (Å²) in [7, 11) is 0. The van der Waals surface area contributed by atoms with Crippen LogP contribution in [0.25, 0.3) is 5.69 Å². The molecule has 1 aromatic carbocycles. The SMILES string of the molecule is Cc1ccc(-n2nnc(C(=O)N3CCO[C@H](CC(=O)O)C3)c2C2CC2)cc1. The second-order valence-corrected chi connectivity index (χ2v) is 7.19. The van der Waals surface area contributed by atoms with E-state index < -0.39 is 12.1 Å². The quantitative estimate of drug-likeness (QED) is 0.861. The maximum Gasteiger partial charge on any atom is 0.306 e. The van der Waals surface area contributed by atoms with Gasteiger partial charge in [0.05, 0.1) is 30.5 Å². The van der Waals surface area contributed by atoms with Crippen LogP contribution in [-0.4, -0.2) is 62.7 Å². The van der Waals surface area contributed by atoms with Crippen LogP contribution in [0.15, 0.2) is 24.3 Å². The summed E-state index contributed by atoms with van der Waals surface area (Å²) in [5.41, 5.74) is 3.26. The summed E-state index contributed by atoms with van der Waals surface area (Å²) in [4.78, 5) is 25.7. The largest absolute Gasteiger partial charge is 0.481 e. The number of aliphatic carboxylic acids is 1. The third-order valence-electron chi connectivity index (χ3n) is 4.98. The van der Waals surface area contributed by atoms with Gasteiger partial charge in [-0.25, -0.2) is 4.68 Å². The van der Waals surface area contributed by atoms with Crippen molar-refractivity contribution in [1.82, 2.24) is 19.9 Å². The summed E-state index contributed by atoms with van der Waals surface area (Å²) >= 11 is 0. The third-order valence-corrected chi connectivity index (χ3v) is 4.98. The van der Waals surface area contributed by atoms with Gasteiger partial charge in [-0.1, -0.05) is 22.9 Å². The van der Waals surface area contributed by atoms with Crippen molar-refractivity contribution in [3.05, 3.63) is 41.2 Å². The van der Waals surface area contributed by atoms with Gasteiger partial charge in [0.15, 0.2) is 5.69 Å². The molecule has 1 N–H and O–H groups in total. The predicted molar refractivity (Wildman–Crippen MR) is 96.0 cm³/mol. The number of amides is 1. The number of carbonyl (C=O) groups is 2. The molecule has 2 aliphatic rings. The van der Waals surface area contributed by atoms with Crippen LogP contribution in [0, 0.1) is 6.92 Å². The Kier molecular flexibility index (Phi) is 4.65. The standard InChI is InChI=1S/C19H22N4O4/c1-12-2-6-14(7-3-12)23-18(13-4-5-13)17(20-21-23)19(26)22-8-9-27-15(11-22)10-16(24)25/h2-3,6-7,13,15H,4-5,8-11H2,1H3,(H,24,25)/t15-/m1/s1. The van der Waals surface area contributed by atoms with Gasteiger partial charge in [0.25, 0.3) is 5.91 Å². The molecule has 0 bridgehead atoms. The Morgan fingerprint density at radius 3 is 2.67 bits per heavy atom. The van der Waals surface area contributed by atoms with Crippen molar-refractivity contribution in [2.24, 2.45) is 0 Å². The summed E-state index contributed by atoms with van der Waals surface area (Å²) in [5.74, 6) is -0.844. The number of carboxylic acid groups (broad SMARTS) is 1. The molecule has 1 amide bonds. The van der Waals surface area contributed by atoms with Crippen LogP contribution in [0.2, 0.25) is 0 Å². The molecule has 1 aliphatic heterocycles. The minimum absolute atomic E-state index is 0.116. The molecular formula is C19H22N4O4. The summed E-state index contributed by atoms with van der Waals surface area (Å²) in [6, 6.07) is 7.96. The first-order valence-corrected chi connectivity index (χ1v) is 9.18. The van der Waals surface area contributed by atoms with Crippen LogP contribution in [0.4, 0.5) is 0 Å². The Balaban J connectivity index is 1.61. The lowest BCUT2D eigenvalue weighted by Crippen LogP contribution is -2.46. The highest BCUT2D eigenvalue weighted by molar-refractivity contribution is 5.94. The molecule has 2 heterocycles. The van der Waals surface area contributed by atoms with Crippen molar-refractivity contribution < 1.29 is 19.4 Å². The van der Waals surface area contributed by atoms with Gasteiger partial charge in [0, 0.05) is 19.0 Å². The lowest BCUT2D eigenvalue weighted by molar-refractivity contribution is -0.141. The van der Waals surface area contributed by atoms with Gasteiger partial charge in [-0.2, -0.15) is 0 Å². The fraction of sp³-hybridized carbons (Fsp3) is 0.474. The molecule has 1 aromatic heterocycles. The van der Waals surface area contributed by atoms with Crippen LogP contribution >= 0.6 is 0 Å². The number of hydrogen-bond donors (Lipinski definition) is 1. The van der Waals surface area contributed by atoms with Gasteiger partial charge in [0.2, 0.25) is 0 Å². The van der Waals surface area contributed by atoms with E-state index in [1.54, 1.807) is 9.58 Å². The van der Waals surface area contributed by atoms with E-state index in [2.05, 4.69) is 10.3 Å². The van der Waals surface area contributed by atoms with Crippen LogP contribution in [0.5, 0.6) is 0 Å². The Hall–Kier alpha value is -2.74. The molecule has 1 saturated heterocycles. The van der Waals surface area contributed by atoms with E-state index in [4.69, 9.17) is 9.84 Å². The zero-order chi connectivity index (χ0) is 19.0. The first-order chi connectivity index (χ1) is 13.0. The lowest BCUT2D eigenvalue weighted by Gasteiger charge is -2.32. The fourth-order valence-corrected chi connectivity index (χ4v) is 3.41. The average Bonchev–Trinajstić information content (AvgIpc) is 3.40. The minimum Gasteiger partial charge on any atom is -0.481 e. The molecule has 27 heavy (non-hydrogen) atoms. The number of benzene rings is 1. The number of hydrogen-bond acceptors (Lipinski definition) is 5. The zero-order valence-electron chi connectivity index (χ0n) is 15.2. The van der Waals surface area contributed by atoms with E-state index in [1.165, 1.54) is 0 Å². The van der Waals surface area contributed by atoms with E-state index in [9.17, 15) is 9.59 Å². The number of nitrogens with zero attached hydrogens (tertiary/aromatic N) is 4. The van der Waals surface area contributed by atoms with E-state index in [1.807, 2.05) is 31.2 Å². The molecule has 0 radical (unpaired) electrons.